The van der Waals surface area contributed by atoms with Crippen LogP contribution in [0.25, 0.3) is 0 Å². The van der Waals surface area contributed by atoms with Crippen molar-refractivity contribution in [2.24, 2.45) is 5.73 Å². The van der Waals surface area contributed by atoms with Crippen LogP contribution in [0.5, 0.6) is 0 Å². The molecule has 0 spiro atoms. The van der Waals surface area contributed by atoms with Crippen molar-refractivity contribution in [2.75, 3.05) is 0 Å². The predicted molar refractivity (Wildman–Crippen MR) is 61.3 cm³/mol. The highest BCUT2D eigenvalue weighted by Gasteiger charge is 2.14. The van der Waals surface area contributed by atoms with Gasteiger partial charge in [-0.25, -0.2) is 4.79 Å². The summed E-state index contributed by atoms with van der Waals surface area (Å²) in [5, 5.41) is 24.4. The lowest BCUT2D eigenvalue weighted by atomic mass is 10.2. The number of carboxylic acids is 3. The van der Waals surface area contributed by atoms with Crippen molar-refractivity contribution in [3.05, 3.63) is 35.9 Å². The zero-order valence-corrected chi connectivity index (χ0v) is 9.31. The smallest absolute Gasteiger partial charge is 0.335 e. The minimum absolute atomic E-state index is 0.331. The van der Waals surface area contributed by atoms with Crippen molar-refractivity contribution in [3.8, 4) is 0 Å². The van der Waals surface area contributed by atoms with Gasteiger partial charge in [-0.1, -0.05) is 18.2 Å². The fourth-order valence-corrected chi connectivity index (χ4v) is 0.856. The molecule has 1 aromatic rings. The minimum Gasteiger partial charge on any atom is -0.481 e. The van der Waals surface area contributed by atoms with Gasteiger partial charge in [0.1, 0.15) is 6.04 Å². The first-order valence-corrected chi connectivity index (χ1v) is 4.83. The molecule has 0 aliphatic carbocycles. The maximum atomic E-state index is 10.2. The molecule has 5 N–H and O–H groups in total. The first-order valence-electron chi connectivity index (χ1n) is 4.83. The molecule has 0 fully saturated rings. The lowest BCUT2D eigenvalue weighted by Crippen LogP contribution is -2.32. The van der Waals surface area contributed by atoms with Crippen LogP contribution in [0, 0.1) is 0 Å². The molecule has 1 rings (SSSR count). The number of benzene rings is 1. The van der Waals surface area contributed by atoms with E-state index >= 15 is 0 Å². The fourth-order valence-electron chi connectivity index (χ4n) is 0.856. The average Bonchev–Trinajstić information content (AvgIpc) is 2.30. The second-order valence-corrected chi connectivity index (χ2v) is 3.21. The molecular formula is C11H13NO6. The Bertz CT molecular complexity index is 417. The Hall–Kier alpha value is -2.41. The van der Waals surface area contributed by atoms with Gasteiger partial charge in [-0.3, -0.25) is 9.59 Å². The van der Waals surface area contributed by atoms with Crippen molar-refractivity contribution in [2.45, 2.75) is 12.5 Å². The van der Waals surface area contributed by atoms with Crippen molar-refractivity contribution < 1.29 is 29.7 Å². The van der Waals surface area contributed by atoms with Crippen LogP contribution >= 0.6 is 0 Å². The van der Waals surface area contributed by atoms with Gasteiger partial charge in [0.15, 0.2) is 0 Å². The summed E-state index contributed by atoms with van der Waals surface area (Å²) in [5.74, 6) is -3.38. The first kappa shape index (κ1) is 15.6. The van der Waals surface area contributed by atoms with Crippen LogP contribution in [0.1, 0.15) is 16.8 Å². The second kappa shape index (κ2) is 7.80. The summed E-state index contributed by atoms with van der Waals surface area (Å²) < 4.78 is 0. The van der Waals surface area contributed by atoms with Gasteiger partial charge in [-0.05, 0) is 12.1 Å². The Labute approximate surface area is 102 Å². The lowest BCUT2D eigenvalue weighted by molar-refractivity contribution is -0.144. The maximum absolute atomic E-state index is 10.2. The molecule has 0 radical (unpaired) electrons. The fraction of sp³-hybridized carbons (Fsp3) is 0.182. The van der Waals surface area contributed by atoms with E-state index < -0.39 is 30.4 Å². The van der Waals surface area contributed by atoms with Crippen LogP contribution in [0.3, 0.4) is 0 Å². The Morgan fingerprint density at radius 1 is 1.06 bits per heavy atom. The monoisotopic (exact) mass is 255 g/mol. The van der Waals surface area contributed by atoms with E-state index in [1.807, 2.05) is 0 Å². The standard InChI is InChI=1S/C7H6O2.C4H7NO4/c8-7(9)6-4-2-1-3-5-6;5-2(4(8)9)1-3(6)7/h1-5H,(H,8,9);2H,1,5H2,(H,6,7)(H,8,9). The van der Waals surface area contributed by atoms with Crippen molar-refractivity contribution in [1.82, 2.24) is 0 Å². The number of aliphatic carboxylic acids is 2. The summed E-state index contributed by atoms with van der Waals surface area (Å²) in [7, 11) is 0. The molecule has 0 bridgehead atoms. The number of hydrogen-bond donors (Lipinski definition) is 4. The number of aromatic carboxylic acids is 1. The molecule has 98 valence electrons. The molecule has 1 aromatic carbocycles. The molecular weight excluding hydrogens is 242 g/mol. The first-order chi connectivity index (χ1) is 8.34. The molecule has 0 saturated heterocycles. The van der Waals surface area contributed by atoms with Crippen LogP contribution in [0.2, 0.25) is 0 Å². The molecule has 0 saturated carbocycles. The van der Waals surface area contributed by atoms with Crippen molar-refractivity contribution >= 4 is 17.9 Å². The van der Waals surface area contributed by atoms with E-state index in [2.05, 4.69) is 0 Å². The Kier molecular flexibility index (Phi) is 6.75. The summed E-state index contributed by atoms with van der Waals surface area (Å²) in [6, 6.07) is 7.01. The molecule has 7 heteroatoms. The molecule has 0 heterocycles. The van der Waals surface area contributed by atoms with Gasteiger partial charge in [0, 0.05) is 0 Å². The summed E-state index contributed by atoms with van der Waals surface area (Å²) in [5.41, 5.74) is 5.17. The Balaban J connectivity index is 0.000000321. The Morgan fingerprint density at radius 2 is 1.56 bits per heavy atom. The van der Waals surface area contributed by atoms with Gasteiger partial charge in [-0.2, -0.15) is 0 Å². The Morgan fingerprint density at radius 3 is 1.78 bits per heavy atom. The highest BCUT2D eigenvalue weighted by atomic mass is 16.4. The van der Waals surface area contributed by atoms with Crippen LogP contribution < -0.4 is 5.73 Å². The van der Waals surface area contributed by atoms with Crippen molar-refractivity contribution in [3.63, 3.8) is 0 Å². The summed E-state index contributed by atoms with van der Waals surface area (Å²) in [6.07, 6.45) is -0.532. The number of rotatable bonds is 4. The van der Waals surface area contributed by atoms with E-state index in [-0.39, 0.29) is 0 Å². The molecule has 0 amide bonds. The van der Waals surface area contributed by atoms with E-state index in [0.29, 0.717) is 5.56 Å². The summed E-state index contributed by atoms with van der Waals surface area (Å²) in [6.45, 7) is 0. The van der Waals surface area contributed by atoms with E-state index in [4.69, 9.17) is 21.1 Å². The lowest BCUT2D eigenvalue weighted by Gasteiger charge is -1.99. The minimum atomic E-state index is -1.29. The van der Waals surface area contributed by atoms with Gasteiger partial charge in [-0.15, -0.1) is 0 Å². The molecule has 1 unspecified atom stereocenters. The maximum Gasteiger partial charge on any atom is 0.335 e. The summed E-state index contributed by atoms with van der Waals surface area (Å²) >= 11 is 0. The number of carbonyl (C=O) groups is 3. The highest BCUT2D eigenvalue weighted by molar-refractivity contribution is 5.87. The third-order valence-corrected chi connectivity index (χ3v) is 1.73. The molecule has 0 aromatic heterocycles. The number of nitrogens with two attached hydrogens (primary N) is 1. The largest absolute Gasteiger partial charge is 0.481 e. The average molecular weight is 255 g/mol. The van der Waals surface area contributed by atoms with Gasteiger partial charge in [0.25, 0.3) is 0 Å². The third-order valence-electron chi connectivity index (χ3n) is 1.73. The van der Waals surface area contributed by atoms with Gasteiger partial charge >= 0.3 is 17.9 Å². The summed E-state index contributed by atoms with van der Waals surface area (Å²) in [4.78, 5) is 29.8. The van der Waals surface area contributed by atoms with Crippen LogP contribution in [0.4, 0.5) is 0 Å². The van der Waals surface area contributed by atoms with E-state index in [9.17, 15) is 14.4 Å². The quantitative estimate of drug-likeness (QED) is 0.605. The van der Waals surface area contributed by atoms with Crippen LogP contribution in [-0.2, 0) is 9.59 Å². The highest BCUT2D eigenvalue weighted by Crippen LogP contribution is 1.96. The third kappa shape index (κ3) is 6.96. The van der Waals surface area contributed by atoms with Gasteiger partial charge < -0.3 is 21.1 Å². The number of hydrogen-bond acceptors (Lipinski definition) is 4. The predicted octanol–water partition coefficient (Wildman–Crippen LogP) is 0.258. The van der Waals surface area contributed by atoms with E-state index in [1.165, 1.54) is 0 Å². The molecule has 7 nitrogen and oxygen atoms in total. The van der Waals surface area contributed by atoms with Crippen LogP contribution in [0.15, 0.2) is 30.3 Å². The van der Waals surface area contributed by atoms with Gasteiger partial charge in [0.05, 0.1) is 12.0 Å². The SMILES string of the molecule is NC(CC(=O)O)C(=O)O.O=C(O)c1ccccc1. The van der Waals surface area contributed by atoms with Crippen LogP contribution in [-0.4, -0.2) is 39.3 Å². The molecule has 0 aliphatic rings. The molecule has 1 atom stereocenters. The van der Waals surface area contributed by atoms with Crippen molar-refractivity contribution in [1.29, 1.82) is 0 Å². The zero-order chi connectivity index (χ0) is 14.1. The second-order valence-electron chi connectivity index (χ2n) is 3.21. The van der Waals surface area contributed by atoms with Gasteiger partial charge in [0.2, 0.25) is 0 Å². The zero-order valence-electron chi connectivity index (χ0n) is 9.31. The molecule has 0 aliphatic heterocycles. The van der Waals surface area contributed by atoms with E-state index in [0.717, 1.165) is 0 Å². The topological polar surface area (TPSA) is 138 Å². The molecule has 18 heavy (non-hydrogen) atoms. The number of carboxylic acid groups (broad SMARTS) is 3. The normalized spacial score (nSPS) is 10.7. The van der Waals surface area contributed by atoms with E-state index in [1.54, 1.807) is 30.3 Å².